The van der Waals surface area contributed by atoms with E-state index in [-0.39, 0.29) is 5.41 Å². The highest BCUT2D eigenvalue weighted by molar-refractivity contribution is 6.42. The fraction of sp³-hybridized carbons (Fsp3) is 0.364. The number of benzene rings is 1. The highest BCUT2D eigenvalue weighted by atomic mass is 35.5. The lowest BCUT2D eigenvalue weighted by molar-refractivity contribution is 0.313. The minimum Gasteiger partial charge on any atom is -0.411 e. The molecule has 4 heteroatoms. The number of hydrogen-bond donors (Lipinski definition) is 1. The van der Waals surface area contributed by atoms with Crippen molar-refractivity contribution in [3.05, 3.63) is 33.8 Å². The van der Waals surface area contributed by atoms with Crippen LogP contribution in [0, 0.1) is 5.41 Å². The summed E-state index contributed by atoms with van der Waals surface area (Å²) in [5.41, 5.74) is 0.862. The smallest absolute Gasteiger partial charge is 0.0595 e. The third kappa shape index (κ3) is 3.73. The SMILES string of the molecule is CC(C)(/C=N\O)Cc1ccc(Cl)c(Cl)c1. The van der Waals surface area contributed by atoms with Crippen molar-refractivity contribution < 1.29 is 5.21 Å². The Labute approximate surface area is 99.5 Å². The summed E-state index contributed by atoms with van der Waals surface area (Å²) in [6, 6.07) is 5.52. The van der Waals surface area contributed by atoms with Gasteiger partial charge in [-0.2, -0.15) is 0 Å². The maximum atomic E-state index is 8.50. The van der Waals surface area contributed by atoms with Crippen LogP contribution in [0.5, 0.6) is 0 Å². The summed E-state index contributed by atoms with van der Waals surface area (Å²) in [5, 5.41) is 12.7. The lowest BCUT2D eigenvalue weighted by Gasteiger charge is -2.18. The number of nitrogens with zero attached hydrogens (tertiary/aromatic N) is 1. The summed E-state index contributed by atoms with van der Waals surface area (Å²) < 4.78 is 0. The Morgan fingerprint density at radius 3 is 2.53 bits per heavy atom. The maximum absolute atomic E-state index is 8.50. The second-order valence-corrected chi connectivity index (χ2v) is 4.97. The minimum atomic E-state index is -0.202. The molecule has 0 spiro atoms. The van der Waals surface area contributed by atoms with E-state index in [1.165, 1.54) is 6.21 Å². The van der Waals surface area contributed by atoms with Crippen molar-refractivity contribution in [2.75, 3.05) is 0 Å². The zero-order chi connectivity index (χ0) is 11.5. The zero-order valence-electron chi connectivity index (χ0n) is 8.67. The predicted molar refractivity (Wildman–Crippen MR) is 64.2 cm³/mol. The van der Waals surface area contributed by atoms with Gasteiger partial charge >= 0.3 is 0 Å². The van der Waals surface area contributed by atoms with Crippen LogP contribution in [-0.2, 0) is 6.42 Å². The van der Waals surface area contributed by atoms with Crippen LogP contribution >= 0.6 is 23.2 Å². The molecule has 82 valence electrons. The van der Waals surface area contributed by atoms with Crippen molar-refractivity contribution in [3.63, 3.8) is 0 Å². The Morgan fingerprint density at radius 1 is 1.33 bits per heavy atom. The van der Waals surface area contributed by atoms with E-state index in [0.717, 1.165) is 12.0 Å². The van der Waals surface area contributed by atoms with Crippen LogP contribution < -0.4 is 0 Å². The quantitative estimate of drug-likeness (QED) is 0.487. The van der Waals surface area contributed by atoms with Crippen LogP contribution in [0.1, 0.15) is 19.4 Å². The van der Waals surface area contributed by atoms with E-state index < -0.39 is 0 Å². The number of hydrogen-bond acceptors (Lipinski definition) is 2. The van der Waals surface area contributed by atoms with Crippen molar-refractivity contribution >= 4 is 29.4 Å². The number of oxime groups is 1. The molecule has 0 heterocycles. The Bertz CT molecular complexity index is 375. The molecule has 0 aliphatic heterocycles. The lowest BCUT2D eigenvalue weighted by atomic mass is 9.87. The van der Waals surface area contributed by atoms with Crippen molar-refractivity contribution in [2.24, 2.45) is 10.6 Å². The van der Waals surface area contributed by atoms with Crippen molar-refractivity contribution in [3.8, 4) is 0 Å². The molecule has 0 aliphatic carbocycles. The Kier molecular flexibility index (Phi) is 4.00. The molecular formula is C11H13Cl2NO. The summed E-state index contributed by atoms with van der Waals surface area (Å²) in [6.07, 6.45) is 2.25. The van der Waals surface area contributed by atoms with Gasteiger partial charge in [0.15, 0.2) is 0 Å². The summed E-state index contributed by atoms with van der Waals surface area (Å²) in [6.45, 7) is 3.96. The molecule has 1 aromatic carbocycles. The van der Waals surface area contributed by atoms with Crippen LogP contribution in [0.4, 0.5) is 0 Å². The van der Waals surface area contributed by atoms with Gasteiger partial charge in [-0.25, -0.2) is 0 Å². The molecule has 0 unspecified atom stereocenters. The molecule has 0 fully saturated rings. The van der Waals surface area contributed by atoms with Gasteiger partial charge < -0.3 is 5.21 Å². The monoisotopic (exact) mass is 245 g/mol. The first kappa shape index (κ1) is 12.3. The molecule has 0 saturated carbocycles. The molecule has 1 N–H and O–H groups in total. The number of rotatable bonds is 3. The van der Waals surface area contributed by atoms with E-state index in [0.29, 0.717) is 10.0 Å². The molecular weight excluding hydrogens is 233 g/mol. The molecule has 0 radical (unpaired) electrons. The maximum Gasteiger partial charge on any atom is 0.0595 e. The molecule has 0 bridgehead atoms. The predicted octanol–water partition coefficient (Wildman–Crippen LogP) is 4.02. The first-order valence-corrected chi connectivity index (χ1v) is 5.33. The topological polar surface area (TPSA) is 32.6 Å². The van der Waals surface area contributed by atoms with Gasteiger partial charge in [0, 0.05) is 11.6 Å². The minimum absolute atomic E-state index is 0.202. The molecule has 0 aromatic heterocycles. The van der Waals surface area contributed by atoms with E-state index in [9.17, 15) is 0 Å². The van der Waals surface area contributed by atoms with E-state index in [1.54, 1.807) is 6.07 Å². The lowest BCUT2D eigenvalue weighted by Crippen LogP contribution is -2.16. The standard InChI is InChI=1S/C11H13Cl2NO/c1-11(2,7-14-15)6-8-3-4-9(12)10(13)5-8/h3-5,7,15H,6H2,1-2H3/b14-7-. The van der Waals surface area contributed by atoms with Gasteiger partial charge in [-0.15, -0.1) is 5.16 Å². The van der Waals surface area contributed by atoms with Crippen LogP contribution in [0.3, 0.4) is 0 Å². The third-order valence-electron chi connectivity index (χ3n) is 2.05. The summed E-state index contributed by atoms with van der Waals surface area (Å²) >= 11 is 11.7. The van der Waals surface area contributed by atoms with E-state index in [4.69, 9.17) is 28.4 Å². The molecule has 0 saturated heterocycles. The summed E-state index contributed by atoms with van der Waals surface area (Å²) in [4.78, 5) is 0. The Balaban J connectivity index is 2.85. The zero-order valence-corrected chi connectivity index (χ0v) is 10.2. The van der Waals surface area contributed by atoms with Gasteiger partial charge in [-0.1, -0.05) is 43.1 Å². The molecule has 0 amide bonds. The van der Waals surface area contributed by atoms with Gasteiger partial charge in [-0.3, -0.25) is 0 Å². The first-order valence-electron chi connectivity index (χ1n) is 4.57. The van der Waals surface area contributed by atoms with E-state index >= 15 is 0 Å². The van der Waals surface area contributed by atoms with E-state index in [2.05, 4.69) is 5.16 Å². The highest BCUT2D eigenvalue weighted by Crippen LogP contribution is 2.26. The third-order valence-corrected chi connectivity index (χ3v) is 2.79. The van der Waals surface area contributed by atoms with Crippen molar-refractivity contribution in [1.29, 1.82) is 0 Å². The van der Waals surface area contributed by atoms with Gasteiger partial charge in [0.25, 0.3) is 0 Å². The largest absolute Gasteiger partial charge is 0.411 e. The number of halogens is 2. The second-order valence-electron chi connectivity index (χ2n) is 4.16. The van der Waals surface area contributed by atoms with Crippen LogP contribution in [-0.4, -0.2) is 11.4 Å². The molecule has 1 aromatic rings. The Morgan fingerprint density at radius 2 is 2.00 bits per heavy atom. The molecule has 1 rings (SSSR count). The first-order chi connectivity index (χ1) is 6.94. The van der Waals surface area contributed by atoms with Gasteiger partial charge in [0.2, 0.25) is 0 Å². The normalized spacial score (nSPS) is 12.3. The Hall–Kier alpha value is -0.730. The van der Waals surface area contributed by atoms with Crippen molar-refractivity contribution in [1.82, 2.24) is 0 Å². The molecule has 0 aliphatic rings. The fourth-order valence-corrected chi connectivity index (χ4v) is 1.70. The van der Waals surface area contributed by atoms with Gasteiger partial charge in [-0.05, 0) is 24.1 Å². The van der Waals surface area contributed by atoms with Gasteiger partial charge in [0.1, 0.15) is 0 Å². The van der Waals surface area contributed by atoms with Crippen LogP contribution in [0.15, 0.2) is 23.4 Å². The fourth-order valence-electron chi connectivity index (χ4n) is 1.38. The van der Waals surface area contributed by atoms with Crippen molar-refractivity contribution in [2.45, 2.75) is 20.3 Å². The molecule has 15 heavy (non-hydrogen) atoms. The highest BCUT2D eigenvalue weighted by Gasteiger charge is 2.16. The average Bonchev–Trinajstić information content (AvgIpc) is 2.10. The van der Waals surface area contributed by atoms with Crippen LogP contribution in [0.25, 0.3) is 0 Å². The summed E-state index contributed by atoms with van der Waals surface area (Å²) in [5.74, 6) is 0. The molecule has 0 atom stereocenters. The average molecular weight is 246 g/mol. The second kappa shape index (κ2) is 4.86. The summed E-state index contributed by atoms with van der Waals surface area (Å²) in [7, 11) is 0. The molecule has 2 nitrogen and oxygen atoms in total. The van der Waals surface area contributed by atoms with E-state index in [1.807, 2.05) is 26.0 Å². The van der Waals surface area contributed by atoms with Gasteiger partial charge in [0.05, 0.1) is 10.0 Å². The van der Waals surface area contributed by atoms with Crippen LogP contribution in [0.2, 0.25) is 10.0 Å².